The van der Waals surface area contributed by atoms with Crippen molar-refractivity contribution in [2.75, 3.05) is 13.1 Å². The van der Waals surface area contributed by atoms with Gasteiger partial charge >= 0.3 is 0 Å². The summed E-state index contributed by atoms with van der Waals surface area (Å²) in [4.78, 5) is 8.03. The van der Waals surface area contributed by atoms with Crippen LogP contribution in [0.25, 0.3) is 10.9 Å². The number of benzene rings is 1. The number of aliphatic imine (C=N–C) groups is 1. The van der Waals surface area contributed by atoms with E-state index in [1.807, 2.05) is 6.07 Å². The molecule has 2 heterocycles. The molecule has 6 heteroatoms. The molecule has 0 aliphatic carbocycles. The van der Waals surface area contributed by atoms with Gasteiger partial charge in [0.25, 0.3) is 0 Å². The van der Waals surface area contributed by atoms with Crippen LogP contribution in [-0.2, 0) is 25.8 Å². The second kappa shape index (κ2) is 9.26. The lowest BCUT2D eigenvalue weighted by Gasteiger charge is -2.10. The van der Waals surface area contributed by atoms with Crippen molar-refractivity contribution in [2.45, 2.75) is 46.6 Å². The van der Waals surface area contributed by atoms with E-state index in [4.69, 9.17) is 4.52 Å². The molecule has 3 rings (SSSR count). The molecule has 0 saturated carbocycles. The minimum atomic E-state index is 0.481. The lowest BCUT2D eigenvalue weighted by molar-refractivity contribution is 0.379. The zero-order valence-corrected chi connectivity index (χ0v) is 16.4. The Morgan fingerprint density at radius 2 is 2.04 bits per heavy atom. The standard InChI is InChI=1S/C21H29N5O/c1-4-15-8-7-9-19-16(13-24-20(15)19)10-11-23-21(22-6-3)25-14-18-12-17(5-2)26-27-18/h7-9,12-13,24H,4-6,10-11,14H2,1-3H3,(H2,22,23,25). The molecule has 3 N–H and O–H groups in total. The molecule has 0 aliphatic rings. The predicted octanol–water partition coefficient (Wildman–Crippen LogP) is 3.58. The SMILES string of the molecule is CCNC(=NCc1cc(CC)no1)NCCc1c[nH]c2c(CC)cccc12. The first-order chi connectivity index (χ1) is 13.2. The fourth-order valence-corrected chi connectivity index (χ4v) is 3.19. The van der Waals surface area contributed by atoms with E-state index in [-0.39, 0.29) is 0 Å². The van der Waals surface area contributed by atoms with Crippen molar-refractivity contribution in [2.24, 2.45) is 4.99 Å². The Labute approximate surface area is 160 Å². The van der Waals surface area contributed by atoms with Gasteiger partial charge in [-0.3, -0.25) is 0 Å². The number of hydrogen-bond acceptors (Lipinski definition) is 3. The fraction of sp³-hybridized carbons (Fsp3) is 0.429. The highest BCUT2D eigenvalue weighted by atomic mass is 16.5. The third-order valence-electron chi connectivity index (χ3n) is 4.66. The number of nitrogens with zero attached hydrogens (tertiary/aromatic N) is 2. The molecule has 0 amide bonds. The van der Waals surface area contributed by atoms with Gasteiger partial charge in [-0.05, 0) is 37.3 Å². The minimum absolute atomic E-state index is 0.481. The number of H-pyrrole nitrogens is 1. The molecule has 0 aliphatic heterocycles. The maximum atomic E-state index is 5.30. The molecule has 0 fully saturated rings. The number of para-hydroxylation sites is 1. The normalized spacial score (nSPS) is 11.9. The third-order valence-corrected chi connectivity index (χ3v) is 4.66. The van der Waals surface area contributed by atoms with Gasteiger partial charge in [0.05, 0.1) is 5.69 Å². The van der Waals surface area contributed by atoms with Crippen molar-refractivity contribution in [3.8, 4) is 0 Å². The zero-order valence-electron chi connectivity index (χ0n) is 16.4. The van der Waals surface area contributed by atoms with Gasteiger partial charge in [-0.15, -0.1) is 0 Å². The second-order valence-corrected chi connectivity index (χ2v) is 6.52. The molecule has 27 heavy (non-hydrogen) atoms. The van der Waals surface area contributed by atoms with Gasteiger partial charge in [0.2, 0.25) is 0 Å². The van der Waals surface area contributed by atoms with E-state index in [2.05, 4.69) is 70.9 Å². The van der Waals surface area contributed by atoms with Crippen molar-refractivity contribution in [3.05, 3.63) is 53.0 Å². The first-order valence-corrected chi connectivity index (χ1v) is 9.79. The Hall–Kier alpha value is -2.76. The average Bonchev–Trinajstić information content (AvgIpc) is 3.33. The molecule has 0 atom stereocenters. The number of aromatic amines is 1. The maximum Gasteiger partial charge on any atom is 0.191 e. The van der Waals surface area contributed by atoms with Crippen molar-refractivity contribution in [3.63, 3.8) is 0 Å². The number of guanidine groups is 1. The predicted molar refractivity (Wildman–Crippen MR) is 110 cm³/mol. The molecule has 0 bridgehead atoms. The summed E-state index contributed by atoms with van der Waals surface area (Å²) in [5.74, 6) is 1.58. The summed E-state index contributed by atoms with van der Waals surface area (Å²) in [6.45, 7) is 8.42. The van der Waals surface area contributed by atoms with Gasteiger partial charge in [-0.1, -0.05) is 37.2 Å². The molecular formula is C21H29N5O. The van der Waals surface area contributed by atoms with Crippen LogP contribution >= 0.6 is 0 Å². The van der Waals surface area contributed by atoms with Gasteiger partial charge in [0.15, 0.2) is 11.7 Å². The second-order valence-electron chi connectivity index (χ2n) is 6.52. The van der Waals surface area contributed by atoms with Crippen LogP contribution < -0.4 is 10.6 Å². The Balaban J connectivity index is 1.60. The van der Waals surface area contributed by atoms with Crippen LogP contribution in [0.5, 0.6) is 0 Å². The summed E-state index contributed by atoms with van der Waals surface area (Å²) in [6, 6.07) is 8.48. The molecule has 0 spiro atoms. The molecule has 0 saturated heterocycles. The molecule has 0 radical (unpaired) electrons. The van der Waals surface area contributed by atoms with E-state index in [9.17, 15) is 0 Å². The molecule has 144 valence electrons. The smallest absolute Gasteiger partial charge is 0.191 e. The van der Waals surface area contributed by atoms with E-state index >= 15 is 0 Å². The van der Waals surface area contributed by atoms with Gasteiger partial charge in [-0.25, -0.2) is 4.99 Å². The highest BCUT2D eigenvalue weighted by Gasteiger charge is 2.07. The number of aryl methyl sites for hydroxylation is 2. The van der Waals surface area contributed by atoms with Gasteiger partial charge < -0.3 is 20.1 Å². The van der Waals surface area contributed by atoms with Crippen molar-refractivity contribution in [1.29, 1.82) is 0 Å². The number of rotatable bonds is 8. The summed E-state index contributed by atoms with van der Waals surface area (Å²) < 4.78 is 5.30. The van der Waals surface area contributed by atoms with E-state index in [0.29, 0.717) is 6.54 Å². The molecule has 2 aromatic heterocycles. The van der Waals surface area contributed by atoms with Gasteiger partial charge in [0, 0.05) is 36.3 Å². The lowest BCUT2D eigenvalue weighted by Crippen LogP contribution is -2.38. The summed E-state index contributed by atoms with van der Waals surface area (Å²) in [6.07, 6.45) is 4.96. The Morgan fingerprint density at radius 1 is 1.15 bits per heavy atom. The highest BCUT2D eigenvalue weighted by Crippen LogP contribution is 2.22. The van der Waals surface area contributed by atoms with E-state index in [0.717, 1.165) is 49.8 Å². The molecule has 6 nitrogen and oxygen atoms in total. The summed E-state index contributed by atoms with van der Waals surface area (Å²) in [5.41, 5.74) is 4.91. The molecular weight excluding hydrogens is 338 g/mol. The quantitative estimate of drug-likeness (QED) is 0.420. The summed E-state index contributed by atoms with van der Waals surface area (Å²) in [7, 11) is 0. The number of fused-ring (bicyclic) bond motifs is 1. The Kier molecular flexibility index (Phi) is 6.52. The maximum absolute atomic E-state index is 5.30. The van der Waals surface area contributed by atoms with Crippen molar-refractivity contribution in [1.82, 2.24) is 20.8 Å². The highest BCUT2D eigenvalue weighted by molar-refractivity contribution is 5.86. The van der Waals surface area contributed by atoms with Gasteiger partial charge in [-0.2, -0.15) is 0 Å². The Morgan fingerprint density at radius 3 is 2.78 bits per heavy atom. The topological polar surface area (TPSA) is 78.2 Å². The van der Waals surface area contributed by atoms with Crippen LogP contribution in [0.4, 0.5) is 0 Å². The Bertz CT molecular complexity index is 893. The molecule has 1 aromatic carbocycles. The number of nitrogens with one attached hydrogen (secondary N) is 3. The minimum Gasteiger partial charge on any atom is -0.361 e. The van der Waals surface area contributed by atoms with Crippen LogP contribution in [0.3, 0.4) is 0 Å². The van der Waals surface area contributed by atoms with Crippen LogP contribution in [0.1, 0.15) is 43.4 Å². The monoisotopic (exact) mass is 367 g/mol. The van der Waals surface area contributed by atoms with E-state index in [1.54, 1.807) is 0 Å². The van der Waals surface area contributed by atoms with E-state index < -0.39 is 0 Å². The summed E-state index contributed by atoms with van der Waals surface area (Å²) >= 11 is 0. The lowest BCUT2D eigenvalue weighted by atomic mass is 10.1. The number of hydrogen-bond donors (Lipinski definition) is 3. The number of aromatic nitrogens is 2. The van der Waals surface area contributed by atoms with Crippen molar-refractivity contribution >= 4 is 16.9 Å². The zero-order chi connectivity index (χ0) is 19.1. The van der Waals surface area contributed by atoms with Crippen LogP contribution in [0, 0.1) is 0 Å². The van der Waals surface area contributed by atoms with Crippen LogP contribution in [0.15, 0.2) is 40.0 Å². The summed E-state index contributed by atoms with van der Waals surface area (Å²) in [5, 5.41) is 12.0. The first kappa shape index (κ1) is 19.0. The van der Waals surface area contributed by atoms with E-state index in [1.165, 1.54) is 22.0 Å². The first-order valence-electron chi connectivity index (χ1n) is 9.79. The third kappa shape index (κ3) is 4.70. The van der Waals surface area contributed by atoms with Crippen LogP contribution in [0.2, 0.25) is 0 Å². The van der Waals surface area contributed by atoms with Gasteiger partial charge in [0.1, 0.15) is 6.54 Å². The molecule has 0 unspecified atom stereocenters. The van der Waals surface area contributed by atoms with Crippen molar-refractivity contribution < 1.29 is 4.52 Å². The largest absolute Gasteiger partial charge is 0.361 e. The fourth-order valence-electron chi connectivity index (χ4n) is 3.19. The molecule has 3 aromatic rings. The average molecular weight is 367 g/mol. The van der Waals surface area contributed by atoms with Crippen LogP contribution in [-0.4, -0.2) is 29.2 Å².